The smallest absolute Gasteiger partial charge is 0.226 e. The number of pyridine rings is 1. The Balaban J connectivity index is 2.06. The average molecular weight is 314 g/mol. The number of piperidine rings is 1. The molecule has 5 heteroatoms. The van der Waals surface area contributed by atoms with Crippen LogP contribution in [0.5, 0.6) is 0 Å². The van der Waals surface area contributed by atoms with Crippen molar-refractivity contribution < 1.29 is 4.79 Å². The van der Waals surface area contributed by atoms with Gasteiger partial charge in [0.05, 0.1) is 16.8 Å². The molecule has 3 rings (SSSR count). The Morgan fingerprint density at radius 1 is 1.48 bits per heavy atom. The minimum Gasteiger partial charge on any atom is -0.370 e. The van der Waals surface area contributed by atoms with Crippen LogP contribution in [0.1, 0.15) is 39.2 Å². The van der Waals surface area contributed by atoms with Crippen LogP contribution in [0, 0.1) is 18.8 Å². The summed E-state index contributed by atoms with van der Waals surface area (Å²) in [5.74, 6) is 0.681. The maximum Gasteiger partial charge on any atom is 0.226 e. The number of H-pyrrole nitrogens is 1. The van der Waals surface area contributed by atoms with E-state index in [4.69, 9.17) is 0 Å². The van der Waals surface area contributed by atoms with Crippen molar-refractivity contribution in [1.29, 1.82) is 0 Å². The zero-order valence-electron chi connectivity index (χ0n) is 14.4. The van der Waals surface area contributed by atoms with E-state index in [1.54, 1.807) is 0 Å². The number of carbonyl (C=O) groups is 1. The predicted molar refractivity (Wildman–Crippen MR) is 94.9 cm³/mol. The number of rotatable bonds is 3. The third-order valence-electron chi connectivity index (χ3n) is 4.61. The number of nitrogens with one attached hydrogen (secondary N) is 2. The lowest BCUT2D eigenvalue weighted by Crippen LogP contribution is -2.35. The zero-order chi connectivity index (χ0) is 16.6. The summed E-state index contributed by atoms with van der Waals surface area (Å²) in [5, 5.41) is 4.08. The van der Waals surface area contributed by atoms with Gasteiger partial charge in [-0.25, -0.2) is 4.98 Å². The zero-order valence-corrected chi connectivity index (χ0v) is 14.4. The summed E-state index contributed by atoms with van der Waals surface area (Å²) in [4.78, 5) is 22.3. The van der Waals surface area contributed by atoms with E-state index in [2.05, 4.69) is 34.0 Å². The van der Waals surface area contributed by atoms with Crippen molar-refractivity contribution in [2.75, 3.05) is 23.3 Å². The Morgan fingerprint density at radius 2 is 2.26 bits per heavy atom. The summed E-state index contributed by atoms with van der Waals surface area (Å²) in [7, 11) is 0. The van der Waals surface area contributed by atoms with Gasteiger partial charge < -0.3 is 15.2 Å². The van der Waals surface area contributed by atoms with Crippen LogP contribution in [0.4, 0.5) is 11.4 Å². The molecule has 2 aromatic heterocycles. The van der Waals surface area contributed by atoms with Gasteiger partial charge in [-0.15, -0.1) is 0 Å². The number of amides is 1. The molecule has 0 aromatic carbocycles. The molecule has 1 aliphatic rings. The van der Waals surface area contributed by atoms with Crippen LogP contribution in [0.2, 0.25) is 0 Å². The fourth-order valence-corrected chi connectivity index (χ4v) is 3.35. The number of hydrogen-bond acceptors (Lipinski definition) is 3. The first-order chi connectivity index (χ1) is 11.0. The predicted octanol–water partition coefficient (Wildman–Crippen LogP) is 3.70. The lowest BCUT2D eigenvalue weighted by molar-refractivity contribution is -0.118. The highest BCUT2D eigenvalue weighted by Gasteiger charge is 2.23. The molecule has 1 fully saturated rings. The molecule has 2 N–H and O–H groups in total. The molecular weight excluding hydrogens is 288 g/mol. The summed E-state index contributed by atoms with van der Waals surface area (Å²) in [6.07, 6.45) is 6.27. The Labute approximate surface area is 137 Å². The van der Waals surface area contributed by atoms with E-state index in [1.165, 1.54) is 18.5 Å². The van der Waals surface area contributed by atoms with Crippen LogP contribution in [0.25, 0.3) is 11.0 Å². The summed E-state index contributed by atoms with van der Waals surface area (Å²) in [5.41, 5.74) is 4.04. The molecular formula is C18H26N4O. The fourth-order valence-electron chi connectivity index (χ4n) is 3.35. The molecule has 0 bridgehead atoms. The van der Waals surface area contributed by atoms with Crippen LogP contribution < -0.4 is 10.2 Å². The topological polar surface area (TPSA) is 61.0 Å². The Kier molecular flexibility index (Phi) is 4.28. The quantitative estimate of drug-likeness (QED) is 0.908. The van der Waals surface area contributed by atoms with Gasteiger partial charge >= 0.3 is 0 Å². The van der Waals surface area contributed by atoms with Crippen molar-refractivity contribution in [3.05, 3.63) is 18.0 Å². The fraction of sp³-hybridized carbons (Fsp3) is 0.556. The number of anilines is 2. The van der Waals surface area contributed by atoms with E-state index < -0.39 is 0 Å². The Hall–Kier alpha value is -2.04. The van der Waals surface area contributed by atoms with Gasteiger partial charge in [-0.3, -0.25) is 4.79 Å². The van der Waals surface area contributed by atoms with E-state index in [9.17, 15) is 4.79 Å². The number of aryl methyl sites for hydroxylation is 1. The molecule has 0 radical (unpaired) electrons. The summed E-state index contributed by atoms with van der Waals surface area (Å²) < 4.78 is 0. The molecule has 0 aliphatic carbocycles. The van der Waals surface area contributed by atoms with Crippen molar-refractivity contribution >= 4 is 28.3 Å². The molecule has 1 aliphatic heterocycles. The van der Waals surface area contributed by atoms with E-state index in [-0.39, 0.29) is 11.8 Å². The molecule has 1 atom stereocenters. The van der Waals surface area contributed by atoms with Gasteiger partial charge in [0, 0.05) is 31.4 Å². The number of hydrogen-bond donors (Lipinski definition) is 2. The third kappa shape index (κ3) is 3.05. The lowest BCUT2D eigenvalue weighted by Gasteiger charge is -2.34. The first-order valence-electron chi connectivity index (χ1n) is 8.50. The summed E-state index contributed by atoms with van der Waals surface area (Å²) in [6, 6.07) is 0. The molecule has 124 valence electrons. The number of nitrogens with zero attached hydrogens (tertiary/aromatic N) is 2. The van der Waals surface area contributed by atoms with E-state index in [0.717, 1.165) is 35.4 Å². The number of fused-ring (bicyclic) bond motifs is 1. The lowest BCUT2D eigenvalue weighted by atomic mass is 9.98. The van der Waals surface area contributed by atoms with Crippen molar-refractivity contribution in [2.24, 2.45) is 11.8 Å². The molecule has 2 aromatic rings. The normalized spacial score (nSPS) is 18.7. The van der Waals surface area contributed by atoms with Gasteiger partial charge in [0.15, 0.2) is 0 Å². The van der Waals surface area contributed by atoms with Gasteiger partial charge in [0.25, 0.3) is 0 Å². The maximum absolute atomic E-state index is 12.1. The Bertz CT molecular complexity index is 719. The standard InChI is InChI=1S/C18H26N4O/c1-11(2)18(23)21-14-9-20-17-15(14)16(13(4)8-19-17)22-7-5-6-12(3)10-22/h8-9,11-12H,5-7,10H2,1-4H3,(H,19,20)(H,21,23). The van der Waals surface area contributed by atoms with Crippen molar-refractivity contribution in [3.8, 4) is 0 Å². The molecule has 0 spiro atoms. The van der Waals surface area contributed by atoms with Gasteiger partial charge in [-0.1, -0.05) is 20.8 Å². The first-order valence-corrected chi connectivity index (χ1v) is 8.50. The molecule has 23 heavy (non-hydrogen) atoms. The summed E-state index contributed by atoms with van der Waals surface area (Å²) >= 11 is 0. The molecule has 3 heterocycles. The largest absolute Gasteiger partial charge is 0.370 e. The van der Waals surface area contributed by atoms with E-state index in [0.29, 0.717) is 5.92 Å². The van der Waals surface area contributed by atoms with Crippen molar-refractivity contribution in [1.82, 2.24) is 9.97 Å². The monoisotopic (exact) mass is 314 g/mol. The molecule has 1 saturated heterocycles. The van der Waals surface area contributed by atoms with Gasteiger partial charge in [-0.2, -0.15) is 0 Å². The molecule has 0 saturated carbocycles. The second-order valence-electron chi connectivity index (χ2n) is 7.05. The minimum atomic E-state index is -0.0452. The van der Waals surface area contributed by atoms with Crippen LogP contribution in [0.3, 0.4) is 0 Å². The van der Waals surface area contributed by atoms with Gasteiger partial charge in [-0.05, 0) is 31.2 Å². The average Bonchev–Trinajstić information content (AvgIpc) is 2.90. The second-order valence-corrected chi connectivity index (χ2v) is 7.05. The van der Waals surface area contributed by atoms with Crippen molar-refractivity contribution in [2.45, 2.75) is 40.5 Å². The highest BCUT2D eigenvalue weighted by atomic mass is 16.1. The number of aromatic amines is 1. The van der Waals surface area contributed by atoms with E-state index in [1.807, 2.05) is 26.2 Å². The molecule has 1 unspecified atom stereocenters. The van der Waals surface area contributed by atoms with Gasteiger partial charge in [0.1, 0.15) is 5.65 Å². The first kappa shape index (κ1) is 15.8. The second kappa shape index (κ2) is 6.22. The van der Waals surface area contributed by atoms with Crippen LogP contribution in [-0.2, 0) is 4.79 Å². The summed E-state index contributed by atoms with van der Waals surface area (Å²) in [6.45, 7) is 10.3. The maximum atomic E-state index is 12.1. The van der Waals surface area contributed by atoms with Crippen LogP contribution in [0.15, 0.2) is 12.4 Å². The number of aromatic nitrogens is 2. The molecule has 5 nitrogen and oxygen atoms in total. The molecule has 1 amide bonds. The highest BCUT2D eigenvalue weighted by Crippen LogP contribution is 2.36. The SMILES string of the molecule is Cc1cnc2[nH]cc(NC(=O)C(C)C)c2c1N1CCCC(C)C1. The van der Waals surface area contributed by atoms with Crippen LogP contribution in [-0.4, -0.2) is 29.0 Å². The highest BCUT2D eigenvalue weighted by molar-refractivity contribution is 6.07. The number of carbonyl (C=O) groups excluding carboxylic acids is 1. The third-order valence-corrected chi connectivity index (χ3v) is 4.61. The van der Waals surface area contributed by atoms with Gasteiger partial charge in [0.2, 0.25) is 5.91 Å². The van der Waals surface area contributed by atoms with Crippen molar-refractivity contribution in [3.63, 3.8) is 0 Å². The minimum absolute atomic E-state index is 0.0327. The van der Waals surface area contributed by atoms with Crippen LogP contribution >= 0.6 is 0 Å². The van der Waals surface area contributed by atoms with E-state index >= 15 is 0 Å². The Morgan fingerprint density at radius 3 is 2.96 bits per heavy atom.